The number of allylic oxidation sites excluding steroid dienone is 5. The van der Waals surface area contributed by atoms with Crippen molar-refractivity contribution in [2.45, 2.75) is 58.1 Å². The highest BCUT2D eigenvalue weighted by Crippen LogP contribution is 2.16. The van der Waals surface area contributed by atoms with E-state index in [-0.39, 0.29) is 30.0 Å². The molecule has 3 rings (SSSR count). The molecule has 6 nitrogen and oxygen atoms in total. The Balaban J connectivity index is 1.83. The molecule has 0 spiro atoms. The van der Waals surface area contributed by atoms with Gasteiger partial charge in [-0.05, 0) is 68.0 Å². The van der Waals surface area contributed by atoms with Crippen LogP contribution in [0.25, 0.3) is 0 Å². The first-order valence-electron chi connectivity index (χ1n) is 14.8. The van der Waals surface area contributed by atoms with Crippen LogP contribution in [0.4, 0.5) is 8.78 Å². The summed E-state index contributed by atoms with van der Waals surface area (Å²) in [6.07, 6.45) is 18.0. The summed E-state index contributed by atoms with van der Waals surface area (Å²) in [5, 5.41) is 17.2. The molecular weight excluding hydrogens is 548 g/mol. The second-order valence-corrected chi connectivity index (χ2v) is 10.7. The van der Waals surface area contributed by atoms with Gasteiger partial charge in [-0.3, -0.25) is 9.59 Å². The molecule has 1 aliphatic rings. The summed E-state index contributed by atoms with van der Waals surface area (Å²) in [6.45, 7) is 5.75. The first-order valence-corrected chi connectivity index (χ1v) is 14.8. The molecule has 3 N–H and O–H groups in total. The van der Waals surface area contributed by atoms with Crippen LogP contribution >= 0.6 is 0 Å². The number of benzene rings is 2. The van der Waals surface area contributed by atoms with E-state index in [0.29, 0.717) is 30.8 Å². The van der Waals surface area contributed by atoms with Gasteiger partial charge in [0.2, 0.25) is 0 Å². The van der Waals surface area contributed by atoms with Crippen LogP contribution in [0.5, 0.6) is 0 Å². The number of hydrogen-bond acceptors (Lipinski definition) is 4. The lowest BCUT2D eigenvalue weighted by Crippen LogP contribution is -2.49. The summed E-state index contributed by atoms with van der Waals surface area (Å²) in [4.78, 5) is 28.5. The number of aliphatic hydroxyl groups is 1. The van der Waals surface area contributed by atoms with Crippen LogP contribution in [0.1, 0.15) is 71.4 Å². The van der Waals surface area contributed by atoms with Crippen molar-refractivity contribution in [3.8, 4) is 12.3 Å². The maximum absolute atomic E-state index is 14.0. The smallest absolute Gasteiger partial charge is 0.253 e. The van der Waals surface area contributed by atoms with Crippen molar-refractivity contribution in [3.05, 3.63) is 106 Å². The predicted molar refractivity (Wildman–Crippen MR) is 167 cm³/mol. The van der Waals surface area contributed by atoms with Gasteiger partial charge in [-0.2, -0.15) is 0 Å². The highest BCUT2D eigenvalue weighted by Gasteiger charge is 2.24. The highest BCUT2D eigenvalue weighted by molar-refractivity contribution is 6.00. The second-order valence-electron chi connectivity index (χ2n) is 10.7. The Morgan fingerprint density at radius 2 is 1.70 bits per heavy atom. The first-order chi connectivity index (χ1) is 20.7. The number of halogens is 2. The van der Waals surface area contributed by atoms with E-state index in [9.17, 15) is 23.5 Å². The summed E-state index contributed by atoms with van der Waals surface area (Å²) in [5.74, 6) is 0.215. The van der Waals surface area contributed by atoms with Crippen molar-refractivity contribution in [2.24, 2.45) is 0 Å². The Labute approximate surface area is 253 Å². The van der Waals surface area contributed by atoms with Crippen LogP contribution in [0.3, 0.4) is 0 Å². The van der Waals surface area contributed by atoms with E-state index in [1.807, 2.05) is 32.1 Å². The average molecular weight is 590 g/mol. The lowest BCUT2D eigenvalue weighted by molar-refractivity contribution is 0.0755. The van der Waals surface area contributed by atoms with Gasteiger partial charge in [-0.1, -0.05) is 55.7 Å². The Morgan fingerprint density at radius 3 is 2.37 bits per heavy atom. The molecular formula is C35H41F2N3O3. The molecule has 43 heavy (non-hydrogen) atoms. The molecule has 2 aromatic rings. The summed E-state index contributed by atoms with van der Waals surface area (Å²) >= 11 is 0. The Kier molecular flexibility index (Phi) is 13.3. The monoisotopic (exact) mass is 589 g/mol. The van der Waals surface area contributed by atoms with E-state index >= 15 is 0 Å². The minimum absolute atomic E-state index is 0.0289. The van der Waals surface area contributed by atoms with E-state index in [1.54, 1.807) is 11.0 Å². The summed E-state index contributed by atoms with van der Waals surface area (Å²) in [6, 6.07) is 6.78. The number of rotatable bonds is 14. The lowest BCUT2D eigenvalue weighted by atomic mass is 9.99. The quantitative estimate of drug-likeness (QED) is 0.206. The fourth-order valence-corrected chi connectivity index (χ4v) is 4.93. The zero-order chi connectivity index (χ0) is 31.2. The largest absolute Gasteiger partial charge is 0.390 e. The van der Waals surface area contributed by atoms with Crippen molar-refractivity contribution >= 4 is 11.8 Å². The molecule has 0 saturated carbocycles. The number of terminal acetylenes is 1. The first kappa shape index (κ1) is 33.4. The van der Waals surface area contributed by atoms with E-state index in [0.717, 1.165) is 37.3 Å². The number of nitrogens with zero attached hydrogens (tertiary/aromatic N) is 1. The Bertz CT molecular complexity index is 1370. The third-order valence-electron chi connectivity index (χ3n) is 7.03. The predicted octanol–water partition coefficient (Wildman–Crippen LogP) is 5.33. The van der Waals surface area contributed by atoms with Crippen LogP contribution in [-0.4, -0.2) is 60.1 Å². The van der Waals surface area contributed by atoms with Gasteiger partial charge in [0.1, 0.15) is 11.6 Å². The second kappa shape index (κ2) is 17.2. The minimum Gasteiger partial charge on any atom is -0.390 e. The Morgan fingerprint density at radius 1 is 1.00 bits per heavy atom. The van der Waals surface area contributed by atoms with Gasteiger partial charge in [0.25, 0.3) is 11.8 Å². The van der Waals surface area contributed by atoms with Crippen LogP contribution in [-0.2, 0) is 6.42 Å². The van der Waals surface area contributed by atoms with E-state index < -0.39 is 29.7 Å². The molecule has 0 aromatic heterocycles. The fraction of sp³-hybridized carbons (Fsp3) is 0.371. The van der Waals surface area contributed by atoms with Crippen molar-refractivity contribution < 1.29 is 23.5 Å². The van der Waals surface area contributed by atoms with Crippen molar-refractivity contribution in [2.75, 3.05) is 26.2 Å². The SMILES string of the molecule is C#Cc1cc(C(=O)NC(Cc2cc(F)cc(F)c2)C(O)CNC/C2=C/C=CC/C=C\C2)cc(C(=O)N(CCC)CCC)c1. The zero-order valence-corrected chi connectivity index (χ0v) is 24.9. The summed E-state index contributed by atoms with van der Waals surface area (Å²) in [7, 11) is 0. The number of nitrogens with one attached hydrogen (secondary N) is 2. The highest BCUT2D eigenvalue weighted by atomic mass is 19.1. The lowest BCUT2D eigenvalue weighted by Gasteiger charge is -2.26. The van der Waals surface area contributed by atoms with Crippen LogP contribution in [0, 0.1) is 24.0 Å². The summed E-state index contributed by atoms with van der Waals surface area (Å²) in [5.41, 5.74) is 2.22. The van der Waals surface area contributed by atoms with Crippen LogP contribution in [0.15, 0.2) is 72.4 Å². The maximum atomic E-state index is 14.0. The van der Waals surface area contributed by atoms with Gasteiger partial charge < -0.3 is 20.6 Å². The number of carbonyl (C=O) groups excluding carboxylic acids is 2. The molecule has 2 amide bonds. The van der Waals surface area contributed by atoms with Gasteiger partial charge in [0.05, 0.1) is 12.1 Å². The summed E-state index contributed by atoms with van der Waals surface area (Å²) < 4.78 is 28.0. The molecule has 0 heterocycles. The molecule has 0 fully saturated rings. The van der Waals surface area contributed by atoms with Crippen LogP contribution < -0.4 is 10.6 Å². The number of hydrogen-bond donors (Lipinski definition) is 3. The number of amides is 2. The van der Waals surface area contributed by atoms with Crippen molar-refractivity contribution in [1.29, 1.82) is 0 Å². The number of aliphatic hydroxyl groups excluding tert-OH is 1. The van der Waals surface area contributed by atoms with E-state index in [2.05, 4.69) is 28.7 Å². The van der Waals surface area contributed by atoms with E-state index in [1.165, 1.54) is 24.3 Å². The zero-order valence-electron chi connectivity index (χ0n) is 24.9. The minimum atomic E-state index is -1.10. The van der Waals surface area contributed by atoms with Gasteiger partial charge >= 0.3 is 0 Å². The molecule has 0 aliphatic heterocycles. The molecule has 0 saturated heterocycles. The molecule has 0 bridgehead atoms. The topological polar surface area (TPSA) is 81.7 Å². The average Bonchev–Trinajstić information content (AvgIpc) is 2.96. The molecule has 2 atom stereocenters. The molecule has 228 valence electrons. The molecule has 2 aromatic carbocycles. The normalized spacial score (nSPS) is 16.1. The van der Waals surface area contributed by atoms with Gasteiger partial charge in [0.15, 0.2) is 0 Å². The third kappa shape index (κ3) is 10.6. The van der Waals surface area contributed by atoms with Gasteiger partial charge in [-0.15, -0.1) is 6.42 Å². The van der Waals surface area contributed by atoms with Crippen molar-refractivity contribution in [3.63, 3.8) is 0 Å². The molecule has 1 aliphatic carbocycles. The third-order valence-corrected chi connectivity index (χ3v) is 7.03. The van der Waals surface area contributed by atoms with E-state index in [4.69, 9.17) is 6.42 Å². The van der Waals surface area contributed by atoms with Gasteiger partial charge in [0, 0.05) is 48.9 Å². The fourth-order valence-electron chi connectivity index (χ4n) is 4.93. The Hall–Kier alpha value is -4.06. The molecule has 2 unspecified atom stereocenters. The maximum Gasteiger partial charge on any atom is 0.253 e. The molecule has 8 heteroatoms. The van der Waals surface area contributed by atoms with Crippen molar-refractivity contribution in [1.82, 2.24) is 15.5 Å². The number of carbonyl (C=O) groups is 2. The van der Waals surface area contributed by atoms with Gasteiger partial charge in [-0.25, -0.2) is 8.78 Å². The van der Waals surface area contributed by atoms with Crippen LogP contribution in [0.2, 0.25) is 0 Å². The standard InChI is InChI=1S/C35H41F2N3O3/c1-4-14-40(15-5-2)35(43)29-17-25(6-3)16-28(21-29)34(42)39-32(20-27-18-30(36)22-31(37)19-27)33(41)24-38-23-26-12-10-8-7-9-11-13-26/h3,8-12,16-19,21-22,32-33,38,41H,4-5,7,13-15,20,23-24H2,1-2H3,(H,39,42)/b10-8?,11-9-,26-12+. The molecule has 0 radical (unpaired) electrons.